The molecule has 20 heavy (non-hydrogen) atoms. The molecule has 108 valence electrons. The SMILES string of the molecule is O=C1c2ccccc2C(=O)N1OCCCCS(=O)(=O)Cl. The maximum Gasteiger partial charge on any atom is 0.285 e. The highest BCUT2D eigenvalue weighted by atomic mass is 35.7. The lowest BCUT2D eigenvalue weighted by atomic mass is 10.1. The summed E-state index contributed by atoms with van der Waals surface area (Å²) < 4.78 is 21.4. The molecule has 1 aromatic carbocycles. The highest BCUT2D eigenvalue weighted by Crippen LogP contribution is 2.22. The molecule has 0 atom stereocenters. The second-order valence-corrected chi connectivity index (χ2v) is 7.13. The summed E-state index contributed by atoms with van der Waals surface area (Å²) in [6.45, 7) is 0.0673. The van der Waals surface area contributed by atoms with Gasteiger partial charge in [-0.05, 0) is 25.0 Å². The van der Waals surface area contributed by atoms with Gasteiger partial charge in [-0.15, -0.1) is 5.06 Å². The van der Waals surface area contributed by atoms with Gasteiger partial charge in [-0.3, -0.25) is 14.4 Å². The zero-order valence-electron chi connectivity index (χ0n) is 10.4. The number of imide groups is 1. The minimum absolute atomic E-state index is 0.0673. The van der Waals surface area contributed by atoms with E-state index in [1.54, 1.807) is 24.3 Å². The fourth-order valence-corrected chi connectivity index (χ4v) is 2.69. The number of carbonyl (C=O) groups is 2. The zero-order valence-corrected chi connectivity index (χ0v) is 12.0. The van der Waals surface area contributed by atoms with Crippen molar-refractivity contribution in [2.24, 2.45) is 0 Å². The smallest absolute Gasteiger partial charge is 0.266 e. The molecular formula is C12H12ClNO5S. The number of fused-ring (bicyclic) bond motifs is 1. The van der Waals surface area contributed by atoms with E-state index in [9.17, 15) is 18.0 Å². The topological polar surface area (TPSA) is 80.8 Å². The molecule has 1 aromatic rings. The van der Waals surface area contributed by atoms with Crippen LogP contribution in [0.4, 0.5) is 0 Å². The summed E-state index contributed by atoms with van der Waals surface area (Å²) in [5.41, 5.74) is 0.613. The maximum absolute atomic E-state index is 11.9. The van der Waals surface area contributed by atoms with Crippen LogP contribution in [0.1, 0.15) is 33.6 Å². The molecule has 0 fully saturated rings. The molecule has 1 heterocycles. The van der Waals surface area contributed by atoms with Crippen LogP contribution >= 0.6 is 10.7 Å². The molecule has 1 aliphatic rings. The number of hydrogen-bond donors (Lipinski definition) is 0. The third kappa shape index (κ3) is 3.36. The van der Waals surface area contributed by atoms with Crippen molar-refractivity contribution in [1.82, 2.24) is 5.06 Å². The Labute approximate surface area is 120 Å². The number of unbranched alkanes of at least 4 members (excludes halogenated alkanes) is 1. The predicted molar refractivity (Wildman–Crippen MR) is 71.8 cm³/mol. The van der Waals surface area contributed by atoms with E-state index >= 15 is 0 Å². The van der Waals surface area contributed by atoms with Gasteiger partial charge in [-0.2, -0.15) is 0 Å². The molecule has 0 N–H and O–H groups in total. The summed E-state index contributed by atoms with van der Waals surface area (Å²) in [6, 6.07) is 6.44. The summed E-state index contributed by atoms with van der Waals surface area (Å²) in [7, 11) is 1.54. The average molecular weight is 318 g/mol. The second-order valence-electron chi connectivity index (χ2n) is 4.23. The summed E-state index contributed by atoms with van der Waals surface area (Å²) in [5.74, 6) is -1.17. The molecule has 0 saturated carbocycles. The van der Waals surface area contributed by atoms with Crippen molar-refractivity contribution in [3.8, 4) is 0 Å². The number of carbonyl (C=O) groups excluding carboxylic acids is 2. The Hall–Kier alpha value is -1.44. The van der Waals surface area contributed by atoms with E-state index < -0.39 is 20.9 Å². The third-order valence-corrected chi connectivity index (χ3v) is 4.00. The highest BCUT2D eigenvalue weighted by molar-refractivity contribution is 8.13. The molecule has 0 bridgehead atoms. The Kier molecular flexibility index (Phi) is 4.42. The van der Waals surface area contributed by atoms with Gasteiger partial charge in [-0.25, -0.2) is 8.42 Å². The first kappa shape index (κ1) is 15.0. The van der Waals surface area contributed by atoms with Gasteiger partial charge in [0.05, 0.1) is 23.5 Å². The van der Waals surface area contributed by atoms with Crippen molar-refractivity contribution in [3.63, 3.8) is 0 Å². The van der Waals surface area contributed by atoms with Crippen LogP contribution in [0.25, 0.3) is 0 Å². The van der Waals surface area contributed by atoms with Gasteiger partial charge >= 0.3 is 0 Å². The fraction of sp³-hybridized carbons (Fsp3) is 0.333. The summed E-state index contributed by atoms with van der Waals surface area (Å²) >= 11 is 0. The molecule has 1 aliphatic heterocycles. The van der Waals surface area contributed by atoms with Crippen molar-refractivity contribution < 1.29 is 22.8 Å². The summed E-state index contributed by atoms with van der Waals surface area (Å²) in [6.07, 6.45) is 0.675. The first-order chi connectivity index (χ1) is 9.40. The second kappa shape index (κ2) is 5.90. The molecule has 0 radical (unpaired) electrons. The molecule has 2 amide bonds. The van der Waals surface area contributed by atoms with Gasteiger partial charge in [0.15, 0.2) is 0 Å². The average Bonchev–Trinajstić information content (AvgIpc) is 2.62. The van der Waals surface area contributed by atoms with Crippen LogP contribution < -0.4 is 0 Å². The molecule has 0 aliphatic carbocycles. The third-order valence-electron chi connectivity index (χ3n) is 2.76. The van der Waals surface area contributed by atoms with Gasteiger partial charge in [0.2, 0.25) is 9.05 Å². The Bertz CT molecular complexity index is 608. The summed E-state index contributed by atoms with van der Waals surface area (Å²) in [5, 5.41) is 0.708. The quantitative estimate of drug-likeness (QED) is 0.452. The number of halogens is 1. The van der Waals surface area contributed by atoms with Crippen molar-refractivity contribution in [1.29, 1.82) is 0 Å². The van der Waals surface area contributed by atoms with Crippen LogP contribution in [0.3, 0.4) is 0 Å². The van der Waals surface area contributed by atoms with Gasteiger partial charge < -0.3 is 0 Å². The molecule has 8 heteroatoms. The Morgan fingerprint density at radius 3 is 2.10 bits per heavy atom. The minimum Gasteiger partial charge on any atom is -0.266 e. The van der Waals surface area contributed by atoms with Gasteiger partial charge in [0.1, 0.15) is 0 Å². The largest absolute Gasteiger partial charge is 0.285 e. The van der Waals surface area contributed by atoms with Crippen molar-refractivity contribution in [3.05, 3.63) is 35.4 Å². The Morgan fingerprint density at radius 1 is 1.05 bits per heavy atom. The number of amides is 2. The Morgan fingerprint density at radius 2 is 1.60 bits per heavy atom. The monoisotopic (exact) mass is 317 g/mol. The van der Waals surface area contributed by atoms with E-state index in [4.69, 9.17) is 15.5 Å². The zero-order chi connectivity index (χ0) is 14.8. The lowest BCUT2D eigenvalue weighted by Crippen LogP contribution is -2.30. The molecule has 0 spiro atoms. The normalized spacial score (nSPS) is 14.8. The van der Waals surface area contributed by atoms with Crippen LogP contribution in [-0.4, -0.2) is 37.7 Å². The van der Waals surface area contributed by atoms with E-state index in [0.717, 1.165) is 0 Å². The number of nitrogens with zero attached hydrogens (tertiary/aromatic N) is 1. The van der Waals surface area contributed by atoms with Gasteiger partial charge in [0.25, 0.3) is 11.8 Å². The minimum atomic E-state index is -3.52. The molecule has 2 rings (SSSR count). The van der Waals surface area contributed by atoms with E-state index in [1.807, 2.05) is 0 Å². The van der Waals surface area contributed by atoms with Crippen LogP contribution in [0, 0.1) is 0 Å². The van der Waals surface area contributed by atoms with Crippen molar-refractivity contribution in [2.75, 3.05) is 12.4 Å². The first-order valence-electron chi connectivity index (χ1n) is 5.93. The standard InChI is InChI=1S/C12H12ClNO5S/c13-20(17,18)8-4-3-7-19-14-11(15)9-5-1-2-6-10(9)12(14)16/h1-2,5-6H,3-4,7-8H2. The van der Waals surface area contributed by atoms with Crippen LogP contribution in [0.2, 0.25) is 0 Å². The first-order valence-corrected chi connectivity index (χ1v) is 8.41. The van der Waals surface area contributed by atoms with Gasteiger partial charge in [-0.1, -0.05) is 12.1 Å². The fourth-order valence-electron chi connectivity index (χ4n) is 1.82. The number of rotatable bonds is 6. The van der Waals surface area contributed by atoms with Crippen molar-refractivity contribution >= 4 is 31.5 Å². The lowest BCUT2D eigenvalue weighted by molar-refractivity contribution is -0.0919. The maximum atomic E-state index is 11.9. The van der Waals surface area contributed by atoms with Crippen molar-refractivity contribution in [2.45, 2.75) is 12.8 Å². The molecular weight excluding hydrogens is 306 g/mol. The number of hydrogen-bond acceptors (Lipinski definition) is 5. The van der Waals surface area contributed by atoms with Gasteiger partial charge in [0, 0.05) is 10.7 Å². The van der Waals surface area contributed by atoms with Crippen LogP contribution in [-0.2, 0) is 13.9 Å². The van der Waals surface area contributed by atoms with E-state index in [-0.39, 0.29) is 12.4 Å². The molecule has 0 unspecified atom stereocenters. The molecule has 0 saturated heterocycles. The van der Waals surface area contributed by atoms with E-state index in [0.29, 0.717) is 29.0 Å². The number of hydroxylamine groups is 2. The van der Waals surface area contributed by atoms with Crippen LogP contribution in [0.15, 0.2) is 24.3 Å². The summed E-state index contributed by atoms with van der Waals surface area (Å²) in [4.78, 5) is 28.9. The highest BCUT2D eigenvalue weighted by Gasteiger charge is 2.36. The number of benzene rings is 1. The molecule has 0 aromatic heterocycles. The van der Waals surface area contributed by atoms with Crippen LogP contribution in [0.5, 0.6) is 0 Å². The predicted octanol–water partition coefficient (Wildman–Crippen LogP) is 1.56. The molecule has 6 nitrogen and oxygen atoms in total. The Balaban J connectivity index is 1.87. The lowest BCUT2D eigenvalue weighted by Gasteiger charge is -2.12. The van der Waals surface area contributed by atoms with E-state index in [2.05, 4.69) is 0 Å². The van der Waals surface area contributed by atoms with E-state index in [1.165, 1.54) is 0 Å².